The summed E-state index contributed by atoms with van der Waals surface area (Å²) < 4.78 is 13.3. The number of aliphatic hydroxyl groups is 1. The molecule has 0 fully saturated rings. The topological polar surface area (TPSA) is 32.3 Å². The van der Waals surface area contributed by atoms with Crippen LogP contribution in [0.15, 0.2) is 18.2 Å². The number of hydrogen-bond donors (Lipinski definition) is 2. The Morgan fingerprint density at radius 1 is 1.56 bits per heavy atom. The van der Waals surface area contributed by atoms with Gasteiger partial charge in [0.1, 0.15) is 5.82 Å². The fourth-order valence-corrected chi connectivity index (χ4v) is 3.27. The molecule has 1 aliphatic rings. The van der Waals surface area contributed by atoms with Gasteiger partial charge in [-0.15, -0.1) is 0 Å². The molecule has 0 aromatic heterocycles. The van der Waals surface area contributed by atoms with Crippen LogP contribution in [0.1, 0.15) is 30.0 Å². The summed E-state index contributed by atoms with van der Waals surface area (Å²) in [6, 6.07) is 5.61. The van der Waals surface area contributed by atoms with Crippen molar-refractivity contribution >= 4 is 11.8 Å². The van der Waals surface area contributed by atoms with Crippen molar-refractivity contribution in [3.05, 3.63) is 35.1 Å². The smallest absolute Gasteiger partial charge is 0.123 e. The molecule has 2 rings (SSSR count). The Morgan fingerprint density at radius 2 is 2.39 bits per heavy atom. The van der Waals surface area contributed by atoms with Crippen molar-refractivity contribution in [2.75, 3.05) is 18.6 Å². The van der Waals surface area contributed by atoms with Crippen LogP contribution in [0.2, 0.25) is 0 Å². The van der Waals surface area contributed by atoms with Crippen molar-refractivity contribution < 1.29 is 9.50 Å². The van der Waals surface area contributed by atoms with E-state index in [1.54, 1.807) is 17.8 Å². The summed E-state index contributed by atoms with van der Waals surface area (Å²) in [6.45, 7) is 0.195. The molecule has 0 heterocycles. The number of fused-ring (bicyclic) bond motifs is 1. The highest BCUT2D eigenvalue weighted by Crippen LogP contribution is 2.32. The zero-order valence-corrected chi connectivity index (χ0v) is 11.5. The molecule has 2 unspecified atom stereocenters. The Balaban J connectivity index is 2.05. The Morgan fingerprint density at radius 3 is 3.11 bits per heavy atom. The molecule has 0 saturated carbocycles. The third-order valence-corrected chi connectivity index (χ3v) is 4.20. The van der Waals surface area contributed by atoms with Crippen molar-refractivity contribution in [2.24, 2.45) is 0 Å². The molecule has 4 heteroatoms. The molecule has 1 aromatic rings. The fourth-order valence-electron chi connectivity index (χ4n) is 2.60. The third-order valence-electron chi connectivity index (χ3n) is 3.47. The van der Waals surface area contributed by atoms with Crippen LogP contribution in [-0.2, 0) is 6.42 Å². The number of nitrogens with one attached hydrogen (secondary N) is 1. The molecule has 1 aromatic carbocycles. The summed E-state index contributed by atoms with van der Waals surface area (Å²) in [6.07, 6.45) is 4.85. The quantitative estimate of drug-likeness (QED) is 0.832. The number of aliphatic hydroxyl groups excluding tert-OH is 1. The van der Waals surface area contributed by atoms with E-state index in [1.165, 1.54) is 11.6 Å². The lowest BCUT2D eigenvalue weighted by molar-refractivity contribution is 0.264. The summed E-state index contributed by atoms with van der Waals surface area (Å²) in [5.74, 6) is 0.813. The lowest BCUT2D eigenvalue weighted by Gasteiger charge is -2.22. The van der Waals surface area contributed by atoms with Gasteiger partial charge in [0.25, 0.3) is 0 Å². The lowest BCUT2D eigenvalue weighted by atomic mass is 10.1. The van der Waals surface area contributed by atoms with Crippen LogP contribution >= 0.6 is 11.8 Å². The maximum absolute atomic E-state index is 13.3. The average molecular weight is 269 g/mol. The molecule has 0 saturated heterocycles. The molecule has 0 aliphatic heterocycles. The number of halogens is 1. The van der Waals surface area contributed by atoms with Crippen molar-refractivity contribution in [2.45, 2.75) is 31.3 Å². The molecule has 0 spiro atoms. The van der Waals surface area contributed by atoms with Gasteiger partial charge in [-0.1, -0.05) is 6.07 Å². The van der Waals surface area contributed by atoms with Crippen LogP contribution in [0.25, 0.3) is 0 Å². The fraction of sp³-hybridized carbons (Fsp3) is 0.571. The molecular weight excluding hydrogens is 249 g/mol. The molecular formula is C14H20FNOS. The highest BCUT2D eigenvalue weighted by molar-refractivity contribution is 7.98. The monoisotopic (exact) mass is 269 g/mol. The van der Waals surface area contributed by atoms with Gasteiger partial charge in [0.05, 0.1) is 0 Å². The average Bonchev–Trinajstić information content (AvgIpc) is 2.73. The zero-order chi connectivity index (χ0) is 13.0. The Bertz CT molecular complexity index is 393. The van der Waals surface area contributed by atoms with E-state index in [9.17, 15) is 4.39 Å². The highest BCUT2D eigenvalue weighted by Gasteiger charge is 2.24. The molecule has 18 heavy (non-hydrogen) atoms. The van der Waals surface area contributed by atoms with Gasteiger partial charge in [-0.2, -0.15) is 11.8 Å². The van der Waals surface area contributed by atoms with E-state index >= 15 is 0 Å². The Kier molecular flexibility index (Phi) is 5.03. The van der Waals surface area contributed by atoms with E-state index in [4.69, 9.17) is 5.11 Å². The minimum Gasteiger partial charge on any atom is -0.396 e. The molecule has 1 aliphatic carbocycles. The molecule has 0 amide bonds. The van der Waals surface area contributed by atoms with Gasteiger partial charge in [0, 0.05) is 24.4 Å². The first-order valence-electron chi connectivity index (χ1n) is 6.38. The number of aryl methyl sites for hydroxylation is 1. The van der Waals surface area contributed by atoms with E-state index in [0.29, 0.717) is 6.04 Å². The van der Waals surface area contributed by atoms with E-state index in [2.05, 4.69) is 11.6 Å². The Labute approximate surface area is 112 Å². The first kappa shape index (κ1) is 13.8. The van der Waals surface area contributed by atoms with Crippen LogP contribution in [-0.4, -0.2) is 29.8 Å². The SMILES string of the molecule is CSCC(CCO)NC1CCc2ccc(F)cc21. The summed E-state index contributed by atoms with van der Waals surface area (Å²) in [5.41, 5.74) is 2.35. The predicted molar refractivity (Wildman–Crippen MR) is 74.5 cm³/mol. The first-order chi connectivity index (χ1) is 8.74. The molecule has 2 nitrogen and oxygen atoms in total. The van der Waals surface area contributed by atoms with Crippen LogP contribution in [0.5, 0.6) is 0 Å². The minimum atomic E-state index is -0.161. The minimum absolute atomic E-state index is 0.161. The number of benzene rings is 1. The molecule has 2 N–H and O–H groups in total. The van der Waals surface area contributed by atoms with Gasteiger partial charge in [0.2, 0.25) is 0 Å². The van der Waals surface area contributed by atoms with Crippen molar-refractivity contribution in [1.29, 1.82) is 0 Å². The summed E-state index contributed by atoms with van der Waals surface area (Å²) >= 11 is 1.77. The normalized spacial score (nSPS) is 19.8. The van der Waals surface area contributed by atoms with Gasteiger partial charge in [-0.05, 0) is 48.8 Å². The molecule has 0 bridgehead atoms. The van der Waals surface area contributed by atoms with Gasteiger partial charge >= 0.3 is 0 Å². The highest BCUT2D eigenvalue weighted by atomic mass is 32.2. The zero-order valence-electron chi connectivity index (χ0n) is 10.7. The predicted octanol–water partition coefficient (Wildman–Crippen LogP) is 2.52. The van der Waals surface area contributed by atoms with Gasteiger partial charge in [-0.25, -0.2) is 4.39 Å². The van der Waals surface area contributed by atoms with E-state index < -0.39 is 0 Å². The van der Waals surface area contributed by atoms with Crippen molar-refractivity contribution in [3.8, 4) is 0 Å². The summed E-state index contributed by atoms with van der Waals surface area (Å²) in [4.78, 5) is 0. The standard InChI is InChI=1S/C14H20FNOS/c1-18-9-12(6-7-17)16-14-5-3-10-2-4-11(15)8-13(10)14/h2,4,8,12,14,16-17H,3,5-7,9H2,1H3. The van der Waals surface area contributed by atoms with E-state index in [-0.39, 0.29) is 18.5 Å². The second-order valence-corrected chi connectivity index (χ2v) is 5.68. The summed E-state index contributed by atoms with van der Waals surface area (Å²) in [7, 11) is 0. The van der Waals surface area contributed by atoms with E-state index in [1.807, 2.05) is 6.07 Å². The van der Waals surface area contributed by atoms with Gasteiger partial charge in [0.15, 0.2) is 0 Å². The second-order valence-electron chi connectivity index (χ2n) is 4.77. The lowest BCUT2D eigenvalue weighted by Crippen LogP contribution is -2.34. The van der Waals surface area contributed by atoms with Gasteiger partial charge in [-0.3, -0.25) is 0 Å². The number of rotatable bonds is 6. The Hall–Kier alpha value is -0.580. The number of hydrogen-bond acceptors (Lipinski definition) is 3. The third kappa shape index (κ3) is 3.25. The summed E-state index contributed by atoms with van der Waals surface area (Å²) in [5, 5.41) is 12.6. The maximum atomic E-state index is 13.3. The van der Waals surface area contributed by atoms with Crippen molar-refractivity contribution in [3.63, 3.8) is 0 Å². The first-order valence-corrected chi connectivity index (χ1v) is 7.78. The van der Waals surface area contributed by atoms with Crippen LogP contribution < -0.4 is 5.32 Å². The molecule has 100 valence electrons. The largest absolute Gasteiger partial charge is 0.396 e. The van der Waals surface area contributed by atoms with E-state index in [0.717, 1.165) is 30.6 Å². The molecule has 2 atom stereocenters. The number of thioether (sulfide) groups is 1. The molecule has 0 radical (unpaired) electrons. The van der Waals surface area contributed by atoms with Crippen LogP contribution in [0, 0.1) is 5.82 Å². The van der Waals surface area contributed by atoms with Gasteiger partial charge < -0.3 is 10.4 Å². The van der Waals surface area contributed by atoms with Crippen molar-refractivity contribution in [1.82, 2.24) is 5.32 Å². The maximum Gasteiger partial charge on any atom is 0.123 e. The van der Waals surface area contributed by atoms with Crippen LogP contribution in [0.4, 0.5) is 4.39 Å². The van der Waals surface area contributed by atoms with Crippen LogP contribution in [0.3, 0.4) is 0 Å². The second kappa shape index (κ2) is 6.55.